The van der Waals surface area contributed by atoms with Crippen LogP contribution in [0.5, 0.6) is 0 Å². The zero-order chi connectivity index (χ0) is 10.6. The van der Waals surface area contributed by atoms with Crippen LogP contribution >= 0.6 is 0 Å². The maximum Gasteiger partial charge on any atom is 0.0830 e. The molecule has 0 aromatic heterocycles. The van der Waals surface area contributed by atoms with Crippen LogP contribution in [-0.4, -0.2) is 10.7 Å². The van der Waals surface area contributed by atoms with Crippen molar-refractivity contribution in [3.63, 3.8) is 0 Å². The van der Waals surface area contributed by atoms with Gasteiger partial charge in [-0.15, -0.1) is 0 Å². The van der Waals surface area contributed by atoms with Gasteiger partial charge in [-0.1, -0.05) is 45.8 Å². The number of hydrogen-bond donors (Lipinski definition) is 1. The molecule has 1 rings (SSSR count). The van der Waals surface area contributed by atoms with E-state index >= 15 is 0 Å². The lowest BCUT2D eigenvalue weighted by atomic mass is 9.99. The first-order valence-electron chi connectivity index (χ1n) is 5.93. The van der Waals surface area contributed by atoms with E-state index in [1.165, 1.54) is 19.3 Å². The van der Waals surface area contributed by atoms with Gasteiger partial charge in [0.05, 0.1) is 5.60 Å². The Kier molecular flexibility index (Phi) is 4.18. The summed E-state index contributed by atoms with van der Waals surface area (Å²) in [6, 6.07) is 0. The fourth-order valence-corrected chi connectivity index (χ4v) is 1.58. The minimum absolute atomic E-state index is 0.410. The average Bonchev–Trinajstić information content (AvgIpc) is 2.81. The highest BCUT2D eigenvalue weighted by Gasteiger charge is 2.37. The summed E-state index contributed by atoms with van der Waals surface area (Å²) in [6.07, 6.45) is 10.00. The molecule has 1 atom stereocenters. The first kappa shape index (κ1) is 11.8. The van der Waals surface area contributed by atoms with E-state index in [1.54, 1.807) is 0 Å². The van der Waals surface area contributed by atoms with Crippen LogP contribution < -0.4 is 0 Å². The van der Waals surface area contributed by atoms with E-state index in [1.807, 2.05) is 6.08 Å². The molecular formula is C13H24O. The Hall–Kier alpha value is -0.300. The Balaban J connectivity index is 2.09. The molecule has 0 saturated heterocycles. The molecule has 0 aliphatic heterocycles. The molecular weight excluding hydrogens is 172 g/mol. The second kappa shape index (κ2) is 4.97. The highest BCUT2D eigenvalue weighted by atomic mass is 16.3. The highest BCUT2D eigenvalue weighted by molar-refractivity contribution is 5.11. The van der Waals surface area contributed by atoms with E-state index in [-0.39, 0.29) is 0 Å². The molecule has 82 valence electrons. The Morgan fingerprint density at radius 2 is 1.86 bits per heavy atom. The third-order valence-electron chi connectivity index (χ3n) is 2.94. The van der Waals surface area contributed by atoms with Crippen LogP contribution in [0.4, 0.5) is 0 Å². The standard InChI is InChI=1S/C13H24O/c1-11(2)5-4-6-12(3)7-8-13(14)9-10-13/h7-8,11-12,14H,4-6,9-10H2,1-3H3. The molecule has 0 bridgehead atoms. The number of allylic oxidation sites excluding steroid dienone is 1. The van der Waals surface area contributed by atoms with Crippen LogP contribution in [0, 0.1) is 11.8 Å². The van der Waals surface area contributed by atoms with E-state index in [4.69, 9.17) is 0 Å². The molecule has 1 aliphatic rings. The summed E-state index contributed by atoms with van der Waals surface area (Å²) < 4.78 is 0. The van der Waals surface area contributed by atoms with Crippen LogP contribution in [-0.2, 0) is 0 Å². The van der Waals surface area contributed by atoms with Crippen molar-refractivity contribution >= 4 is 0 Å². The highest BCUT2D eigenvalue weighted by Crippen LogP contribution is 2.36. The van der Waals surface area contributed by atoms with Crippen molar-refractivity contribution in [1.29, 1.82) is 0 Å². The predicted molar refractivity (Wildman–Crippen MR) is 61.2 cm³/mol. The summed E-state index contributed by atoms with van der Waals surface area (Å²) in [5, 5.41) is 9.60. The molecule has 1 nitrogen and oxygen atoms in total. The molecule has 0 aromatic carbocycles. The minimum atomic E-state index is -0.410. The zero-order valence-corrected chi connectivity index (χ0v) is 9.79. The van der Waals surface area contributed by atoms with E-state index in [0.29, 0.717) is 5.92 Å². The van der Waals surface area contributed by atoms with Crippen LogP contribution in [0.25, 0.3) is 0 Å². The van der Waals surface area contributed by atoms with E-state index < -0.39 is 5.60 Å². The van der Waals surface area contributed by atoms with Crippen molar-refractivity contribution in [3.8, 4) is 0 Å². The van der Waals surface area contributed by atoms with Crippen LogP contribution in [0.3, 0.4) is 0 Å². The van der Waals surface area contributed by atoms with Gasteiger partial charge in [0.15, 0.2) is 0 Å². The van der Waals surface area contributed by atoms with Gasteiger partial charge in [-0.25, -0.2) is 0 Å². The summed E-state index contributed by atoms with van der Waals surface area (Å²) in [5.74, 6) is 1.44. The largest absolute Gasteiger partial charge is 0.386 e. The fourth-order valence-electron chi connectivity index (χ4n) is 1.58. The third kappa shape index (κ3) is 4.80. The molecule has 0 radical (unpaired) electrons. The van der Waals surface area contributed by atoms with Crippen molar-refractivity contribution in [2.24, 2.45) is 11.8 Å². The van der Waals surface area contributed by atoms with Gasteiger partial charge in [-0.05, 0) is 31.1 Å². The maximum absolute atomic E-state index is 9.60. The molecule has 1 aliphatic carbocycles. The first-order valence-corrected chi connectivity index (χ1v) is 5.93. The third-order valence-corrected chi connectivity index (χ3v) is 2.94. The topological polar surface area (TPSA) is 20.2 Å². The molecule has 0 heterocycles. The van der Waals surface area contributed by atoms with Crippen molar-refractivity contribution < 1.29 is 5.11 Å². The molecule has 0 spiro atoms. The van der Waals surface area contributed by atoms with Crippen LogP contribution in [0.15, 0.2) is 12.2 Å². The van der Waals surface area contributed by atoms with Crippen molar-refractivity contribution in [2.45, 2.75) is 58.5 Å². The Labute approximate surface area is 88.2 Å². The normalized spacial score (nSPS) is 21.8. The van der Waals surface area contributed by atoms with Gasteiger partial charge in [0.25, 0.3) is 0 Å². The molecule has 14 heavy (non-hydrogen) atoms. The van der Waals surface area contributed by atoms with Gasteiger partial charge >= 0.3 is 0 Å². The molecule has 0 amide bonds. The minimum Gasteiger partial charge on any atom is -0.386 e. The van der Waals surface area contributed by atoms with Gasteiger partial charge in [0.2, 0.25) is 0 Å². The molecule has 1 fully saturated rings. The molecule has 1 heteroatoms. The van der Waals surface area contributed by atoms with Gasteiger partial charge in [-0.2, -0.15) is 0 Å². The Morgan fingerprint density at radius 1 is 1.21 bits per heavy atom. The molecule has 0 aromatic rings. The molecule has 1 unspecified atom stereocenters. The van der Waals surface area contributed by atoms with Crippen LogP contribution in [0.2, 0.25) is 0 Å². The van der Waals surface area contributed by atoms with Gasteiger partial charge in [0, 0.05) is 0 Å². The predicted octanol–water partition coefficient (Wildman–Crippen LogP) is 3.53. The summed E-state index contributed by atoms with van der Waals surface area (Å²) in [5.41, 5.74) is -0.410. The second-order valence-electron chi connectivity index (χ2n) is 5.26. The average molecular weight is 196 g/mol. The van der Waals surface area contributed by atoms with Crippen molar-refractivity contribution in [1.82, 2.24) is 0 Å². The van der Waals surface area contributed by atoms with Crippen molar-refractivity contribution in [3.05, 3.63) is 12.2 Å². The quantitative estimate of drug-likeness (QED) is 0.644. The van der Waals surface area contributed by atoms with Gasteiger partial charge < -0.3 is 5.11 Å². The fraction of sp³-hybridized carbons (Fsp3) is 0.846. The van der Waals surface area contributed by atoms with Gasteiger partial charge in [0.1, 0.15) is 0 Å². The van der Waals surface area contributed by atoms with Gasteiger partial charge in [-0.3, -0.25) is 0 Å². The monoisotopic (exact) mass is 196 g/mol. The Morgan fingerprint density at radius 3 is 2.36 bits per heavy atom. The Bertz CT molecular complexity index is 189. The lowest BCUT2D eigenvalue weighted by Gasteiger charge is -2.08. The summed E-state index contributed by atoms with van der Waals surface area (Å²) in [4.78, 5) is 0. The summed E-state index contributed by atoms with van der Waals surface area (Å²) in [6.45, 7) is 6.78. The summed E-state index contributed by atoms with van der Waals surface area (Å²) in [7, 11) is 0. The number of aliphatic hydroxyl groups is 1. The zero-order valence-electron chi connectivity index (χ0n) is 9.79. The first-order chi connectivity index (χ1) is 6.52. The maximum atomic E-state index is 9.60. The van der Waals surface area contributed by atoms with Crippen molar-refractivity contribution in [2.75, 3.05) is 0 Å². The lowest BCUT2D eigenvalue weighted by Crippen LogP contribution is -2.02. The lowest BCUT2D eigenvalue weighted by molar-refractivity contribution is 0.201. The van der Waals surface area contributed by atoms with E-state index in [0.717, 1.165) is 18.8 Å². The number of hydrogen-bond acceptors (Lipinski definition) is 1. The number of rotatable bonds is 6. The SMILES string of the molecule is CC(C)CCCC(C)C=CC1(O)CC1. The molecule has 1 N–H and O–H groups in total. The smallest absolute Gasteiger partial charge is 0.0830 e. The summed E-state index contributed by atoms with van der Waals surface area (Å²) >= 11 is 0. The van der Waals surface area contributed by atoms with E-state index in [2.05, 4.69) is 26.8 Å². The van der Waals surface area contributed by atoms with E-state index in [9.17, 15) is 5.11 Å². The second-order valence-corrected chi connectivity index (χ2v) is 5.26. The van der Waals surface area contributed by atoms with Crippen LogP contribution in [0.1, 0.15) is 52.9 Å². The molecule has 1 saturated carbocycles.